The van der Waals surface area contributed by atoms with Crippen molar-refractivity contribution < 1.29 is 32.3 Å². The zero-order valence-corrected chi connectivity index (χ0v) is 18.7. The predicted octanol–water partition coefficient (Wildman–Crippen LogP) is 0.805. The summed E-state index contributed by atoms with van der Waals surface area (Å²) in [6.07, 6.45) is -4.17. The van der Waals surface area contributed by atoms with Crippen molar-refractivity contribution in [2.24, 2.45) is 0 Å². The molecule has 0 aliphatic rings. The number of aromatic nitrogens is 1. The van der Waals surface area contributed by atoms with Crippen LogP contribution in [0.4, 0.5) is 13.2 Å². The third-order valence-corrected chi connectivity index (χ3v) is 4.29. The molecule has 0 bridgehead atoms. The maximum atomic E-state index is 12.4. The van der Waals surface area contributed by atoms with Crippen molar-refractivity contribution in [1.82, 2.24) is 25.4 Å². The van der Waals surface area contributed by atoms with Crippen LogP contribution in [0.2, 0.25) is 0 Å². The molecule has 12 heteroatoms. The van der Waals surface area contributed by atoms with E-state index in [0.717, 1.165) is 13.6 Å². The monoisotopic (exact) mass is 461 g/mol. The number of alkyl halides is 3. The molecule has 0 aliphatic carbocycles. The van der Waals surface area contributed by atoms with Crippen molar-refractivity contribution >= 4 is 17.8 Å². The molecule has 0 fully saturated rings. The molecular formula is C20H30F3N5O4. The Morgan fingerprint density at radius 2 is 1.88 bits per heavy atom. The fourth-order valence-corrected chi connectivity index (χ4v) is 2.49. The van der Waals surface area contributed by atoms with Crippen LogP contribution in [0.25, 0.3) is 0 Å². The van der Waals surface area contributed by atoms with Crippen LogP contribution >= 0.6 is 0 Å². The largest absolute Gasteiger partial charge is 0.471 e. The van der Waals surface area contributed by atoms with E-state index in [1.165, 1.54) is 25.3 Å². The maximum absolute atomic E-state index is 12.4. The number of pyridine rings is 1. The number of hydrogen-bond acceptors (Lipinski definition) is 7. The Labute approximate surface area is 185 Å². The number of esters is 1. The number of amides is 2. The summed E-state index contributed by atoms with van der Waals surface area (Å²) >= 11 is 0. The quantitative estimate of drug-likeness (QED) is 0.444. The van der Waals surface area contributed by atoms with E-state index >= 15 is 0 Å². The Morgan fingerprint density at radius 1 is 1.19 bits per heavy atom. The van der Waals surface area contributed by atoms with Crippen molar-refractivity contribution in [3.05, 3.63) is 29.6 Å². The summed E-state index contributed by atoms with van der Waals surface area (Å²) in [4.78, 5) is 41.8. The van der Waals surface area contributed by atoms with Gasteiger partial charge in [0.05, 0.1) is 17.8 Å². The Hall–Kier alpha value is -2.73. The van der Waals surface area contributed by atoms with Crippen LogP contribution in [0.1, 0.15) is 29.4 Å². The highest BCUT2D eigenvalue weighted by Crippen LogP contribution is 2.18. The molecule has 2 amide bonds. The SMILES string of the molecule is CC(CCN(C)C(=O)C(F)(F)F)OC(=O)c1ccnc(CNCC(=O)NCCN(C)C)c1. The first-order valence-electron chi connectivity index (χ1n) is 10.0. The minimum atomic E-state index is -4.94. The normalized spacial score (nSPS) is 12.4. The van der Waals surface area contributed by atoms with Crippen molar-refractivity contribution in [2.45, 2.75) is 32.2 Å². The molecule has 9 nitrogen and oxygen atoms in total. The molecule has 0 aliphatic heterocycles. The van der Waals surface area contributed by atoms with Gasteiger partial charge in [-0.05, 0) is 33.2 Å². The van der Waals surface area contributed by atoms with Crippen LogP contribution in [0.15, 0.2) is 18.3 Å². The average Bonchev–Trinajstić information content (AvgIpc) is 2.70. The van der Waals surface area contributed by atoms with Gasteiger partial charge in [-0.2, -0.15) is 13.2 Å². The number of ether oxygens (including phenoxy) is 1. The summed E-state index contributed by atoms with van der Waals surface area (Å²) in [6.45, 7) is 2.92. The second-order valence-electron chi connectivity index (χ2n) is 7.52. The summed E-state index contributed by atoms with van der Waals surface area (Å²) < 4.78 is 42.4. The lowest BCUT2D eigenvalue weighted by molar-refractivity contribution is -0.184. The van der Waals surface area contributed by atoms with Crippen molar-refractivity contribution in [2.75, 3.05) is 47.3 Å². The topological polar surface area (TPSA) is 104 Å². The molecular weight excluding hydrogens is 431 g/mol. The molecule has 1 aromatic heterocycles. The number of rotatable bonds is 12. The molecule has 2 N–H and O–H groups in total. The van der Waals surface area contributed by atoms with E-state index in [1.807, 2.05) is 19.0 Å². The highest BCUT2D eigenvalue weighted by atomic mass is 19.4. The number of likely N-dealkylation sites (N-methyl/N-ethyl adjacent to an activating group) is 1. The van der Waals surface area contributed by atoms with Gasteiger partial charge >= 0.3 is 18.1 Å². The van der Waals surface area contributed by atoms with Gasteiger partial charge in [0.1, 0.15) is 6.10 Å². The Morgan fingerprint density at radius 3 is 2.50 bits per heavy atom. The number of halogens is 3. The minimum absolute atomic E-state index is 0.0481. The molecule has 1 heterocycles. The summed E-state index contributed by atoms with van der Waals surface area (Å²) in [5.74, 6) is -2.77. The first-order chi connectivity index (χ1) is 14.9. The second kappa shape index (κ2) is 13.0. The molecule has 1 unspecified atom stereocenters. The van der Waals surface area contributed by atoms with E-state index in [0.29, 0.717) is 17.1 Å². The van der Waals surface area contributed by atoms with Gasteiger partial charge in [0.2, 0.25) is 5.91 Å². The zero-order chi connectivity index (χ0) is 24.3. The molecule has 0 radical (unpaired) electrons. The first kappa shape index (κ1) is 27.3. The van der Waals surface area contributed by atoms with Gasteiger partial charge in [0, 0.05) is 45.8 Å². The van der Waals surface area contributed by atoms with Gasteiger partial charge in [0.15, 0.2) is 0 Å². The highest BCUT2D eigenvalue weighted by Gasteiger charge is 2.41. The zero-order valence-electron chi connectivity index (χ0n) is 18.7. The fourth-order valence-electron chi connectivity index (χ4n) is 2.49. The summed E-state index contributed by atoms with van der Waals surface area (Å²) in [6, 6.07) is 2.96. The molecule has 0 aromatic carbocycles. The van der Waals surface area contributed by atoms with E-state index in [9.17, 15) is 27.6 Å². The molecule has 1 aromatic rings. The molecule has 180 valence electrons. The average molecular weight is 461 g/mol. The second-order valence-corrected chi connectivity index (χ2v) is 7.52. The van der Waals surface area contributed by atoms with E-state index in [2.05, 4.69) is 15.6 Å². The van der Waals surface area contributed by atoms with Gasteiger partial charge in [0.25, 0.3) is 0 Å². The number of nitrogens with one attached hydrogen (secondary N) is 2. The smallest absolute Gasteiger partial charge is 0.459 e. The number of carbonyl (C=O) groups excluding carboxylic acids is 3. The lowest BCUT2D eigenvalue weighted by atomic mass is 10.2. The van der Waals surface area contributed by atoms with Crippen LogP contribution in [0.5, 0.6) is 0 Å². The van der Waals surface area contributed by atoms with Gasteiger partial charge in [-0.3, -0.25) is 14.6 Å². The van der Waals surface area contributed by atoms with Crippen molar-refractivity contribution in [3.63, 3.8) is 0 Å². The number of carbonyl (C=O) groups is 3. The van der Waals surface area contributed by atoms with Crippen LogP contribution in [0.3, 0.4) is 0 Å². The standard InChI is InChI=1S/C20H30F3N5O4/c1-14(6-9-28(4)19(31)20(21,22)23)32-18(30)15-5-7-25-16(11-15)12-24-13-17(29)26-8-10-27(2)3/h5,7,11,14,24H,6,8-10,12-13H2,1-4H3,(H,26,29). The van der Waals surface area contributed by atoms with Gasteiger partial charge in [-0.25, -0.2) is 4.79 Å². The van der Waals surface area contributed by atoms with Crippen molar-refractivity contribution in [1.29, 1.82) is 0 Å². The summed E-state index contributed by atoms with van der Waals surface area (Å²) in [5.41, 5.74) is 0.738. The number of nitrogens with zero attached hydrogens (tertiary/aromatic N) is 3. The van der Waals surface area contributed by atoms with Crippen LogP contribution in [-0.2, 0) is 20.9 Å². The molecule has 32 heavy (non-hydrogen) atoms. The molecule has 1 atom stereocenters. The van der Waals surface area contributed by atoms with E-state index in [1.54, 1.807) is 0 Å². The first-order valence-corrected chi connectivity index (χ1v) is 10.0. The van der Waals surface area contributed by atoms with Gasteiger partial charge < -0.3 is 25.2 Å². The molecule has 0 saturated heterocycles. The van der Waals surface area contributed by atoms with Crippen molar-refractivity contribution in [3.8, 4) is 0 Å². The highest BCUT2D eigenvalue weighted by molar-refractivity contribution is 5.89. The fraction of sp³-hybridized carbons (Fsp3) is 0.600. The van der Waals surface area contributed by atoms with E-state index in [4.69, 9.17) is 4.74 Å². The maximum Gasteiger partial charge on any atom is 0.471 e. The Kier molecular flexibility index (Phi) is 11.1. The Balaban J connectivity index is 2.45. The summed E-state index contributed by atoms with van der Waals surface area (Å²) in [7, 11) is 4.85. The van der Waals surface area contributed by atoms with Crippen LogP contribution in [-0.4, -0.2) is 92.2 Å². The molecule has 1 rings (SSSR count). The minimum Gasteiger partial charge on any atom is -0.459 e. The lowest BCUT2D eigenvalue weighted by Gasteiger charge is -2.21. The van der Waals surface area contributed by atoms with E-state index < -0.39 is 24.2 Å². The predicted molar refractivity (Wildman–Crippen MR) is 111 cm³/mol. The molecule has 0 saturated carbocycles. The summed E-state index contributed by atoms with van der Waals surface area (Å²) in [5, 5.41) is 5.69. The van der Waals surface area contributed by atoms with Crippen LogP contribution in [0, 0.1) is 0 Å². The van der Waals surface area contributed by atoms with Crippen LogP contribution < -0.4 is 10.6 Å². The van der Waals surface area contributed by atoms with Gasteiger partial charge in [-0.1, -0.05) is 0 Å². The molecule has 0 spiro atoms. The lowest BCUT2D eigenvalue weighted by Crippen LogP contribution is -2.39. The number of hydrogen-bond donors (Lipinski definition) is 2. The Bertz CT molecular complexity index is 774. The third-order valence-electron chi connectivity index (χ3n) is 4.29. The van der Waals surface area contributed by atoms with E-state index in [-0.39, 0.29) is 37.5 Å². The third kappa shape index (κ3) is 10.5. The van der Waals surface area contributed by atoms with Gasteiger partial charge in [-0.15, -0.1) is 0 Å².